The third-order valence-corrected chi connectivity index (χ3v) is 7.56. The fraction of sp³-hybridized carbons (Fsp3) is 0.394. The highest BCUT2D eigenvalue weighted by Crippen LogP contribution is 2.36. The second-order valence-electron chi connectivity index (χ2n) is 10.4. The van der Waals surface area contributed by atoms with E-state index >= 15 is 4.39 Å². The molecular formula is C33H40FNO6. The molecule has 1 amide bonds. The lowest BCUT2D eigenvalue weighted by atomic mass is 9.83. The normalized spacial score (nSPS) is 15.6. The number of carbonyl (C=O) groups excluding carboxylic acids is 2. The number of methoxy groups -OCH3 is 2. The smallest absolute Gasteiger partial charge is 0.253 e. The molecular weight excluding hydrogens is 525 g/mol. The summed E-state index contributed by atoms with van der Waals surface area (Å²) in [6.45, 7) is 4.87. The number of hydrogen-bond acceptors (Lipinski definition) is 6. The molecule has 3 aromatic carbocycles. The number of aliphatic hydroxyl groups is 2. The average Bonchev–Trinajstić information content (AvgIpc) is 2.96. The number of nitrogens with one attached hydrogen (secondary N) is 1. The molecule has 4 atom stereocenters. The number of carbonyl (C=O) groups is 2. The van der Waals surface area contributed by atoms with E-state index in [1.807, 2.05) is 31.2 Å². The number of aliphatic hydroxyl groups excluding tert-OH is 1. The number of ether oxygens (including phenoxy) is 2. The fourth-order valence-electron chi connectivity index (χ4n) is 5.09. The van der Waals surface area contributed by atoms with Crippen LogP contribution < -0.4 is 10.1 Å². The third kappa shape index (κ3) is 7.79. The predicted octanol–water partition coefficient (Wildman–Crippen LogP) is 5.31. The lowest BCUT2D eigenvalue weighted by molar-refractivity contribution is -0.137. The summed E-state index contributed by atoms with van der Waals surface area (Å²) in [5.74, 6) is -1.22. The zero-order chi connectivity index (χ0) is 30.2. The van der Waals surface area contributed by atoms with Crippen molar-refractivity contribution in [2.75, 3.05) is 14.2 Å². The largest absolute Gasteiger partial charge is 0.497 e. The third-order valence-electron chi connectivity index (χ3n) is 7.56. The zero-order valence-electron chi connectivity index (χ0n) is 24.3. The van der Waals surface area contributed by atoms with Gasteiger partial charge in [0.1, 0.15) is 24.0 Å². The topological polar surface area (TPSA) is 105 Å². The molecule has 3 N–H and O–H groups in total. The van der Waals surface area contributed by atoms with Crippen LogP contribution in [0.25, 0.3) is 16.3 Å². The summed E-state index contributed by atoms with van der Waals surface area (Å²) >= 11 is 0. The molecule has 220 valence electrons. The predicted molar refractivity (Wildman–Crippen MR) is 158 cm³/mol. The molecule has 0 saturated heterocycles. The Kier molecular flexibility index (Phi) is 11.2. The molecule has 3 rings (SSSR count). The average molecular weight is 566 g/mol. The first kappa shape index (κ1) is 31.9. The van der Waals surface area contributed by atoms with Crippen molar-refractivity contribution in [1.29, 1.82) is 0 Å². The maximum absolute atomic E-state index is 15.8. The van der Waals surface area contributed by atoms with E-state index in [-0.39, 0.29) is 29.9 Å². The number of amides is 1. The molecule has 0 heterocycles. The van der Waals surface area contributed by atoms with E-state index in [1.54, 1.807) is 13.0 Å². The lowest BCUT2D eigenvalue weighted by Crippen LogP contribution is -2.55. The summed E-state index contributed by atoms with van der Waals surface area (Å²) in [6.07, 6.45) is 1.24. The minimum Gasteiger partial charge on any atom is -0.497 e. The minimum atomic E-state index is -2.08. The molecule has 0 aliphatic carbocycles. The van der Waals surface area contributed by atoms with E-state index in [0.29, 0.717) is 30.4 Å². The fourth-order valence-corrected chi connectivity index (χ4v) is 5.09. The van der Waals surface area contributed by atoms with Gasteiger partial charge in [0, 0.05) is 37.2 Å². The minimum absolute atomic E-state index is 0.0146. The molecule has 0 aromatic heterocycles. The molecule has 2 unspecified atom stereocenters. The molecule has 0 fully saturated rings. The Morgan fingerprint density at radius 3 is 2.44 bits per heavy atom. The number of allylic oxidation sites excluding steroid dienone is 1. The van der Waals surface area contributed by atoms with Crippen LogP contribution >= 0.6 is 0 Å². The van der Waals surface area contributed by atoms with Gasteiger partial charge in [0.25, 0.3) is 5.91 Å². The van der Waals surface area contributed by atoms with Crippen molar-refractivity contribution in [1.82, 2.24) is 5.32 Å². The van der Waals surface area contributed by atoms with Crippen molar-refractivity contribution in [3.8, 4) is 5.75 Å². The van der Waals surface area contributed by atoms with Gasteiger partial charge in [0.2, 0.25) is 0 Å². The summed E-state index contributed by atoms with van der Waals surface area (Å²) in [7, 11) is 2.85. The van der Waals surface area contributed by atoms with Gasteiger partial charge in [0.05, 0.1) is 13.2 Å². The number of aldehydes is 1. The van der Waals surface area contributed by atoms with Gasteiger partial charge in [-0.3, -0.25) is 4.79 Å². The number of fused-ring (bicyclic) bond motifs is 1. The standard InChI is InChI=1S/C33H40FNO6/c1-6-22(16-21-12-13-23-10-8-9-11-24(23)17-21)28-18-26(41-5)19-29(34)31(28)27(7-2)32(38)35-33(3,39)30(37)20-25(40-4)14-15-36/h7-13,15,17-19,22,25,30,37,39H,6,14,16,20H2,1-5H3,(H,35,38)/b27-7+/t22?,25-,30+,33?/m1/s1. The number of halogens is 1. The Bertz CT molecular complexity index is 1390. The first-order valence-electron chi connectivity index (χ1n) is 13.8. The van der Waals surface area contributed by atoms with Crippen LogP contribution in [0.15, 0.2) is 60.7 Å². The molecule has 0 radical (unpaired) electrons. The molecule has 0 spiro atoms. The van der Waals surface area contributed by atoms with E-state index < -0.39 is 29.7 Å². The first-order chi connectivity index (χ1) is 19.6. The molecule has 41 heavy (non-hydrogen) atoms. The molecule has 0 saturated carbocycles. The van der Waals surface area contributed by atoms with Gasteiger partial charge in [-0.05, 0) is 60.6 Å². The van der Waals surface area contributed by atoms with Crippen LogP contribution in [0.1, 0.15) is 62.6 Å². The number of hydrogen-bond donors (Lipinski definition) is 3. The van der Waals surface area contributed by atoms with Crippen molar-refractivity contribution in [3.63, 3.8) is 0 Å². The van der Waals surface area contributed by atoms with Gasteiger partial charge in [-0.15, -0.1) is 0 Å². The van der Waals surface area contributed by atoms with E-state index in [9.17, 15) is 19.8 Å². The van der Waals surface area contributed by atoms with Crippen LogP contribution in [0.2, 0.25) is 0 Å². The van der Waals surface area contributed by atoms with Crippen molar-refractivity contribution in [3.05, 3.63) is 83.2 Å². The summed E-state index contributed by atoms with van der Waals surface area (Å²) in [5, 5.41) is 26.3. The van der Waals surface area contributed by atoms with E-state index in [2.05, 4.69) is 23.5 Å². The first-order valence-corrected chi connectivity index (χ1v) is 13.8. The molecule has 0 aliphatic heterocycles. The highest BCUT2D eigenvalue weighted by molar-refractivity contribution is 6.20. The Hall–Kier alpha value is -3.59. The lowest BCUT2D eigenvalue weighted by Gasteiger charge is -2.32. The van der Waals surface area contributed by atoms with Crippen LogP contribution in [0.3, 0.4) is 0 Å². The highest BCUT2D eigenvalue weighted by atomic mass is 19.1. The molecule has 0 bridgehead atoms. The monoisotopic (exact) mass is 565 g/mol. The van der Waals surface area contributed by atoms with Crippen molar-refractivity contribution in [2.45, 2.75) is 70.3 Å². The summed E-state index contributed by atoms with van der Waals surface area (Å²) in [4.78, 5) is 24.4. The van der Waals surface area contributed by atoms with Gasteiger partial charge < -0.3 is 29.8 Å². The second-order valence-corrected chi connectivity index (χ2v) is 10.4. The second kappa shape index (κ2) is 14.3. The summed E-state index contributed by atoms with van der Waals surface area (Å²) < 4.78 is 26.3. The molecule has 8 heteroatoms. The Labute approximate surface area is 241 Å². The van der Waals surface area contributed by atoms with Gasteiger partial charge in [-0.1, -0.05) is 55.5 Å². The van der Waals surface area contributed by atoms with Crippen LogP contribution in [-0.2, 0) is 20.7 Å². The zero-order valence-corrected chi connectivity index (χ0v) is 24.3. The summed E-state index contributed by atoms with van der Waals surface area (Å²) in [6, 6.07) is 17.3. The van der Waals surface area contributed by atoms with Gasteiger partial charge in [-0.25, -0.2) is 4.39 Å². The van der Waals surface area contributed by atoms with Crippen LogP contribution in [0, 0.1) is 5.82 Å². The van der Waals surface area contributed by atoms with Crippen LogP contribution in [0.4, 0.5) is 4.39 Å². The van der Waals surface area contributed by atoms with Gasteiger partial charge >= 0.3 is 0 Å². The van der Waals surface area contributed by atoms with Crippen LogP contribution in [-0.4, -0.2) is 54.6 Å². The number of benzene rings is 3. The Morgan fingerprint density at radius 2 is 1.83 bits per heavy atom. The van der Waals surface area contributed by atoms with E-state index in [4.69, 9.17) is 9.47 Å². The number of rotatable bonds is 14. The van der Waals surface area contributed by atoms with Crippen molar-refractivity contribution in [2.24, 2.45) is 0 Å². The Balaban J connectivity index is 1.96. The maximum Gasteiger partial charge on any atom is 0.253 e. The van der Waals surface area contributed by atoms with E-state index in [1.165, 1.54) is 33.3 Å². The quantitative estimate of drug-likeness (QED) is 0.139. The SMILES string of the molecule is C/C=C(/C(=O)NC(C)(O)[C@@H](O)C[C@@H](CC=O)OC)c1c(F)cc(OC)cc1C(CC)Cc1ccc2ccccc2c1. The van der Waals surface area contributed by atoms with Gasteiger partial charge in [-0.2, -0.15) is 0 Å². The van der Waals surface area contributed by atoms with Crippen molar-refractivity contribution >= 4 is 28.5 Å². The molecule has 7 nitrogen and oxygen atoms in total. The van der Waals surface area contributed by atoms with Crippen LogP contribution in [0.5, 0.6) is 5.75 Å². The molecule has 3 aromatic rings. The summed E-state index contributed by atoms with van der Waals surface area (Å²) in [5.41, 5.74) is -0.277. The van der Waals surface area contributed by atoms with Gasteiger partial charge in [0.15, 0.2) is 5.72 Å². The van der Waals surface area contributed by atoms with Crippen molar-refractivity contribution < 1.29 is 33.7 Å². The Morgan fingerprint density at radius 1 is 1.12 bits per heavy atom. The highest BCUT2D eigenvalue weighted by Gasteiger charge is 2.36. The maximum atomic E-state index is 15.8. The van der Waals surface area contributed by atoms with E-state index in [0.717, 1.165) is 16.3 Å². The molecule has 0 aliphatic rings.